The molecule has 0 aromatic heterocycles. The number of para-hydroxylation sites is 1. The Morgan fingerprint density at radius 1 is 0.750 bits per heavy atom. The average molecular weight is 339 g/mol. The topological polar surface area (TPSA) is 55.4 Å². The van der Waals surface area contributed by atoms with Crippen LogP contribution in [0.4, 0.5) is 11.4 Å². The largest absolute Gasteiger partial charge is 0.497 e. The molecule has 0 spiro atoms. The fourth-order valence-corrected chi connectivity index (χ4v) is 3.68. The normalized spacial score (nSPS) is 11.0. The molecule has 122 valence electrons. The van der Waals surface area contributed by atoms with E-state index in [1.807, 2.05) is 30.3 Å². The van der Waals surface area contributed by atoms with Gasteiger partial charge in [-0.3, -0.25) is 0 Å². The van der Waals surface area contributed by atoms with Crippen LogP contribution < -0.4 is 10.1 Å². The summed E-state index contributed by atoms with van der Waals surface area (Å²) in [7, 11) is -2.09. The molecule has 0 fully saturated rings. The lowest BCUT2D eigenvalue weighted by Crippen LogP contribution is -2.03. The Balaban J connectivity index is 2.04. The molecule has 1 N–H and O–H groups in total. The molecule has 3 aromatic rings. The lowest BCUT2D eigenvalue weighted by molar-refractivity contribution is 0.413. The third-order valence-electron chi connectivity index (χ3n) is 3.54. The Morgan fingerprint density at radius 2 is 1.38 bits per heavy atom. The second-order valence-corrected chi connectivity index (χ2v) is 7.15. The van der Waals surface area contributed by atoms with Gasteiger partial charge in [-0.2, -0.15) is 0 Å². The molecule has 0 aliphatic rings. The first kappa shape index (κ1) is 16.1. The average Bonchev–Trinajstić information content (AvgIpc) is 2.63. The van der Waals surface area contributed by atoms with Gasteiger partial charge < -0.3 is 10.1 Å². The minimum Gasteiger partial charge on any atom is -0.497 e. The van der Waals surface area contributed by atoms with Crippen molar-refractivity contribution in [2.75, 3.05) is 12.4 Å². The summed E-state index contributed by atoms with van der Waals surface area (Å²) in [6.45, 7) is 0. The number of hydrogen-bond donors (Lipinski definition) is 1. The number of rotatable bonds is 5. The van der Waals surface area contributed by atoms with E-state index in [1.54, 1.807) is 42.5 Å². The van der Waals surface area contributed by atoms with Crippen molar-refractivity contribution in [1.82, 2.24) is 0 Å². The van der Waals surface area contributed by atoms with Crippen LogP contribution in [-0.2, 0) is 9.84 Å². The van der Waals surface area contributed by atoms with E-state index in [0.717, 1.165) is 5.69 Å². The monoisotopic (exact) mass is 339 g/mol. The fourth-order valence-electron chi connectivity index (χ4n) is 2.34. The molecule has 24 heavy (non-hydrogen) atoms. The fraction of sp³-hybridized carbons (Fsp3) is 0.0526. The number of ether oxygens (including phenoxy) is 1. The first-order valence-electron chi connectivity index (χ1n) is 7.41. The van der Waals surface area contributed by atoms with Crippen LogP contribution in [0.5, 0.6) is 5.75 Å². The van der Waals surface area contributed by atoms with Gasteiger partial charge in [-0.1, -0.05) is 36.4 Å². The maximum absolute atomic E-state index is 12.8. The lowest BCUT2D eigenvalue weighted by atomic mass is 10.2. The molecular formula is C19H17NO3S. The second-order valence-electron chi connectivity index (χ2n) is 5.20. The summed E-state index contributed by atoms with van der Waals surface area (Å²) in [5.74, 6) is 0.477. The van der Waals surface area contributed by atoms with Crippen molar-refractivity contribution < 1.29 is 13.2 Å². The van der Waals surface area contributed by atoms with Crippen LogP contribution in [0.1, 0.15) is 0 Å². The van der Waals surface area contributed by atoms with Crippen molar-refractivity contribution in [3.8, 4) is 5.75 Å². The Morgan fingerprint density at radius 3 is 2.00 bits per heavy atom. The lowest BCUT2D eigenvalue weighted by Gasteiger charge is -2.12. The molecule has 0 aliphatic carbocycles. The van der Waals surface area contributed by atoms with Crippen molar-refractivity contribution in [3.63, 3.8) is 0 Å². The number of sulfone groups is 1. The van der Waals surface area contributed by atoms with Crippen LogP contribution in [0.3, 0.4) is 0 Å². The molecular weight excluding hydrogens is 322 g/mol. The predicted molar refractivity (Wildman–Crippen MR) is 94.6 cm³/mol. The van der Waals surface area contributed by atoms with Gasteiger partial charge in [0.1, 0.15) is 5.75 Å². The van der Waals surface area contributed by atoms with E-state index in [-0.39, 0.29) is 9.79 Å². The van der Waals surface area contributed by atoms with E-state index in [2.05, 4.69) is 5.32 Å². The van der Waals surface area contributed by atoms with E-state index in [1.165, 1.54) is 13.2 Å². The number of methoxy groups -OCH3 is 1. The van der Waals surface area contributed by atoms with Gasteiger partial charge in [0.15, 0.2) is 0 Å². The summed E-state index contributed by atoms with van der Waals surface area (Å²) in [6.07, 6.45) is 0. The molecule has 0 unspecified atom stereocenters. The molecule has 0 saturated heterocycles. The highest BCUT2D eigenvalue weighted by Gasteiger charge is 2.19. The van der Waals surface area contributed by atoms with Gasteiger partial charge in [-0.15, -0.1) is 0 Å². The van der Waals surface area contributed by atoms with Crippen LogP contribution in [0.2, 0.25) is 0 Å². The summed E-state index contributed by atoms with van der Waals surface area (Å²) < 4.78 is 30.9. The maximum Gasteiger partial charge on any atom is 0.206 e. The number of nitrogens with one attached hydrogen (secondary N) is 1. The number of hydrogen-bond acceptors (Lipinski definition) is 4. The molecule has 3 aromatic carbocycles. The van der Waals surface area contributed by atoms with Gasteiger partial charge in [0.25, 0.3) is 0 Å². The molecule has 0 heterocycles. The van der Waals surface area contributed by atoms with Crippen molar-refractivity contribution >= 4 is 21.2 Å². The number of benzene rings is 3. The van der Waals surface area contributed by atoms with Gasteiger partial charge in [-0.05, 0) is 36.4 Å². The van der Waals surface area contributed by atoms with Crippen molar-refractivity contribution in [1.29, 1.82) is 0 Å². The summed E-state index contributed by atoms with van der Waals surface area (Å²) in [5, 5.41) is 3.20. The highest BCUT2D eigenvalue weighted by atomic mass is 32.2. The standard InChI is InChI=1S/C19H17NO3S/c1-23-17-12-16(20-15-8-4-2-5-9-15)13-19(14-17)24(21,22)18-10-6-3-7-11-18/h2-14,20H,1H3. The van der Waals surface area contributed by atoms with Gasteiger partial charge in [0.2, 0.25) is 9.84 Å². The van der Waals surface area contributed by atoms with E-state index >= 15 is 0 Å². The molecule has 0 radical (unpaired) electrons. The van der Waals surface area contributed by atoms with Gasteiger partial charge in [0, 0.05) is 17.4 Å². The van der Waals surface area contributed by atoms with Crippen molar-refractivity contribution in [2.24, 2.45) is 0 Å². The minimum absolute atomic E-state index is 0.187. The Labute approximate surface area is 141 Å². The highest BCUT2D eigenvalue weighted by Crippen LogP contribution is 2.29. The zero-order chi connectivity index (χ0) is 17.0. The van der Waals surface area contributed by atoms with Crippen molar-refractivity contribution in [3.05, 3.63) is 78.9 Å². The van der Waals surface area contributed by atoms with Crippen LogP contribution in [0.15, 0.2) is 88.7 Å². The summed E-state index contributed by atoms with van der Waals surface area (Å²) in [5.41, 5.74) is 1.52. The zero-order valence-corrected chi connectivity index (χ0v) is 14.0. The summed E-state index contributed by atoms with van der Waals surface area (Å²) in [4.78, 5) is 0.440. The molecule has 0 atom stereocenters. The van der Waals surface area contributed by atoms with Crippen LogP contribution in [0, 0.1) is 0 Å². The molecule has 0 bridgehead atoms. The first-order valence-corrected chi connectivity index (χ1v) is 8.89. The predicted octanol–water partition coefficient (Wildman–Crippen LogP) is 4.27. The summed E-state index contributed by atoms with van der Waals surface area (Å²) >= 11 is 0. The summed E-state index contributed by atoms with van der Waals surface area (Å²) in [6, 6.07) is 22.8. The van der Waals surface area contributed by atoms with Gasteiger partial charge in [0.05, 0.1) is 16.9 Å². The minimum atomic E-state index is -3.61. The van der Waals surface area contributed by atoms with E-state index < -0.39 is 9.84 Å². The molecule has 0 saturated carbocycles. The van der Waals surface area contributed by atoms with E-state index in [4.69, 9.17) is 4.74 Å². The quantitative estimate of drug-likeness (QED) is 0.754. The van der Waals surface area contributed by atoms with Gasteiger partial charge in [-0.25, -0.2) is 8.42 Å². The number of anilines is 2. The molecule has 0 amide bonds. The third kappa shape index (κ3) is 3.41. The van der Waals surface area contributed by atoms with E-state index in [9.17, 15) is 8.42 Å². The van der Waals surface area contributed by atoms with Crippen LogP contribution >= 0.6 is 0 Å². The van der Waals surface area contributed by atoms with E-state index in [0.29, 0.717) is 11.4 Å². The Hall–Kier alpha value is -2.79. The first-order chi connectivity index (χ1) is 11.6. The zero-order valence-electron chi connectivity index (χ0n) is 13.1. The molecule has 4 nitrogen and oxygen atoms in total. The maximum atomic E-state index is 12.8. The Bertz CT molecular complexity index is 923. The third-order valence-corrected chi connectivity index (χ3v) is 5.29. The molecule has 5 heteroatoms. The van der Waals surface area contributed by atoms with Crippen LogP contribution in [-0.4, -0.2) is 15.5 Å². The smallest absolute Gasteiger partial charge is 0.206 e. The molecule has 0 aliphatic heterocycles. The van der Waals surface area contributed by atoms with Gasteiger partial charge >= 0.3 is 0 Å². The van der Waals surface area contributed by atoms with Crippen LogP contribution in [0.25, 0.3) is 0 Å². The Kier molecular flexibility index (Phi) is 4.53. The second kappa shape index (κ2) is 6.76. The SMILES string of the molecule is COc1cc(Nc2ccccc2)cc(S(=O)(=O)c2ccccc2)c1. The van der Waals surface area contributed by atoms with Crippen molar-refractivity contribution in [2.45, 2.75) is 9.79 Å². The molecule has 3 rings (SSSR count). The highest BCUT2D eigenvalue weighted by molar-refractivity contribution is 7.91.